The van der Waals surface area contributed by atoms with Gasteiger partial charge >= 0.3 is 0 Å². The van der Waals surface area contributed by atoms with Crippen LogP contribution in [0.3, 0.4) is 0 Å². The molecule has 0 bridgehead atoms. The summed E-state index contributed by atoms with van der Waals surface area (Å²) < 4.78 is 5.11. The zero-order valence-electron chi connectivity index (χ0n) is 15.1. The Hall–Kier alpha value is -1.16. The monoisotopic (exact) mass is 328 g/mol. The van der Waals surface area contributed by atoms with Crippen LogP contribution in [0.2, 0.25) is 0 Å². The van der Waals surface area contributed by atoms with Gasteiger partial charge in [0.15, 0.2) is 0 Å². The molecule has 2 aliphatic rings. The number of rotatable bonds is 8. The highest BCUT2D eigenvalue weighted by Crippen LogP contribution is 2.39. The molecule has 1 aromatic rings. The van der Waals surface area contributed by atoms with Crippen molar-refractivity contribution in [3.8, 4) is 0 Å². The SMILES string of the molecule is COCCNC1CCC(NC2C[C@H]2/C(C)=C/c2ccccc2)CC1. The lowest BCUT2D eigenvalue weighted by Crippen LogP contribution is -2.41. The van der Waals surface area contributed by atoms with Gasteiger partial charge in [0.25, 0.3) is 0 Å². The molecule has 3 heteroatoms. The number of hydrogen-bond acceptors (Lipinski definition) is 3. The van der Waals surface area contributed by atoms with Crippen LogP contribution in [0.5, 0.6) is 0 Å². The fourth-order valence-corrected chi connectivity index (χ4v) is 3.93. The first-order valence-corrected chi connectivity index (χ1v) is 9.48. The molecule has 2 aliphatic carbocycles. The van der Waals surface area contributed by atoms with Gasteiger partial charge in [-0.3, -0.25) is 0 Å². The molecule has 3 rings (SSSR count). The van der Waals surface area contributed by atoms with Gasteiger partial charge in [0.2, 0.25) is 0 Å². The molecule has 0 spiro atoms. The smallest absolute Gasteiger partial charge is 0.0587 e. The Morgan fingerprint density at radius 3 is 2.54 bits per heavy atom. The first-order valence-electron chi connectivity index (χ1n) is 9.48. The molecule has 0 radical (unpaired) electrons. The van der Waals surface area contributed by atoms with Crippen LogP contribution in [0.15, 0.2) is 35.9 Å². The van der Waals surface area contributed by atoms with Crippen LogP contribution in [0.4, 0.5) is 0 Å². The van der Waals surface area contributed by atoms with Gasteiger partial charge in [-0.05, 0) is 50.5 Å². The predicted molar refractivity (Wildman–Crippen MR) is 101 cm³/mol. The summed E-state index contributed by atoms with van der Waals surface area (Å²) in [4.78, 5) is 0. The van der Waals surface area contributed by atoms with Crippen molar-refractivity contribution < 1.29 is 4.74 Å². The predicted octanol–water partition coefficient (Wildman–Crippen LogP) is 3.62. The summed E-state index contributed by atoms with van der Waals surface area (Å²) in [5, 5.41) is 7.51. The van der Waals surface area contributed by atoms with E-state index in [1.165, 1.54) is 43.2 Å². The zero-order valence-corrected chi connectivity index (χ0v) is 15.1. The third kappa shape index (κ3) is 5.17. The molecule has 0 aromatic heterocycles. The zero-order chi connectivity index (χ0) is 16.8. The molecule has 2 fully saturated rings. The van der Waals surface area contributed by atoms with Crippen molar-refractivity contribution in [2.45, 2.75) is 57.2 Å². The van der Waals surface area contributed by atoms with Crippen LogP contribution < -0.4 is 10.6 Å². The van der Waals surface area contributed by atoms with Crippen molar-refractivity contribution in [1.29, 1.82) is 0 Å². The van der Waals surface area contributed by atoms with E-state index in [1.807, 2.05) is 0 Å². The molecule has 132 valence electrons. The van der Waals surface area contributed by atoms with E-state index in [0.717, 1.165) is 19.1 Å². The lowest BCUT2D eigenvalue weighted by atomic mass is 9.91. The number of hydrogen-bond donors (Lipinski definition) is 2. The minimum Gasteiger partial charge on any atom is -0.383 e. The molecule has 0 saturated heterocycles. The van der Waals surface area contributed by atoms with Crippen molar-refractivity contribution in [1.82, 2.24) is 10.6 Å². The normalized spacial score (nSPS) is 30.3. The van der Waals surface area contributed by atoms with Gasteiger partial charge < -0.3 is 15.4 Å². The number of nitrogens with one attached hydrogen (secondary N) is 2. The topological polar surface area (TPSA) is 33.3 Å². The average Bonchev–Trinajstić information content (AvgIpc) is 3.37. The fraction of sp³-hybridized carbons (Fsp3) is 0.619. The number of ether oxygens (including phenoxy) is 1. The lowest BCUT2D eigenvalue weighted by Gasteiger charge is -2.30. The first kappa shape index (κ1) is 17.7. The highest BCUT2D eigenvalue weighted by Gasteiger charge is 2.39. The lowest BCUT2D eigenvalue weighted by molar-refractivity contribution is 0.190. The van der Waals surface area contributed by atoms with Crippen molar-refractivity contribution in [2.75, 3.05) is 20.3 Å². The number of benzene rings is 1. The molecular weight excluding hydrogens is 296 g/mol. The van der Waals surface area contributed by atoms with Gasteiger partial charge in [-0.15, -0.1) is 0 Å². The summed E-state index contributed by atoms with van der Waals surface area (Å²) in [5.41, 5.74) is 2.84. The van der Waals surface area contributed by atoms with E-state index >= 15 is 0 Å². The molecule has 24 heavy (non-hydrogen) atoms. The molecule has 2 atom stereocenters. The summed E-state index contributed by atoms with van der Waals surface area (Å²) in [6.45, 7) is 4.08. The molecular formula is C21H32N2O. The van der Waals surface area contributed by atoms with E-state index in [-0.39, 0.29) is 0 Å². The Balaban J connectivity index is 1.38. The maximum absolute atomic E-state index is 5.11. The summed E-state index contributed by atoms with van der Waals surface area (Å²) in [6.07, 6.45) is 8.84. The molecule has 1 unspecified atom stereocenters. The first-order chi connectivity index (χ1) is 11.8. The number of methoxy groups -OCH3 is 1. The van der Waals surface area contributed by atoms with Crippen molar-refractivity contribution in [2.24, 2.45) is 5.92 Å². The fourth-order valence-electron chi connectivity index (χ4n) is 3.93. The third-order valence-corrected chi connectivity index (χ3v) is 5.49. The molecule has 2 N–H and O–H groups in total. The van der Waals surface area contributed by atoms with E-state index in [0.29, 0.717) is 18.1 Å². The van der Waals surface area contributed by atoms with Crippen molar-refractivity contribution in [3.05, 3.63) is 41.5 Å². The molecule has 0 aliphatic heterocycles. The highest BCUT2D eigenvalue weighted by atomic mass is 16.5. The molecule has 0 heterocycles. The van der Waals surface area contributed by atoms with E-state index in [9.17, 15) is 0 Å². The summed E-state index contributed by atoms with van der Waals surface area (Å²) in [6, 6.07) is 12.8. The quantitative estimate of drug-likeness (QED) is 0.715. The van der Waals surface area contributed by atoms with Crippen LogP contribution in [0.25, 0.3) is 6.08 Å². The van der Waals surface area contributed by atoms with Crippen molar-refractivity contribution in [3.63, 3.8) is 0 Å². The van der Waals surface area contributed by atoms with E-state index in [4.69, 9.17) is 4.74 Å². The van der Waals surface area contributed by atoms with Crippen LogP contribution in [-0.2, 0) is 4.74 Å². The highest BCUT2D eigenvalue weighted by molar-refractivity contribution is 5.53. The Labute approximate surface area is 146 Å². The maximum atomic E-state index is 5.11. The Morgan fingerprint density at radius 1 is 1.12 bits per heavy atom. The second kappa shape index (κ2) is 8.80. The molecule has 3 nitrogen and oxygen atoms in total. The van der Waals surface area contributed by atoms with Crippen LogP contribution in [0, 0.1) is 5.92 Å². The van der Waals surface area contributed by atoms with Gasteiger partial charge in [0.05, 0.1) is 6.61 Å². The van der Waals surface area contributed by atoms with Gasteiger partial charge in [0, 0.05) is 31.8 Å². The molecule has 1 aromatic carbocycles. The van der Waals surface area contributed by atoms with E-state index < -0.39 is 0 Å². The van der Waals surface area contributed by atoms with Crippen molar-refractivity contribution >= 4 is 6.08 Å². The summed E-state index contributed by atoms with van der Waals surface area (Å²) in [7, 11) is 1.77. The Kier molecular flexibility index (Phi) is 6.47. The van der Waals surface area contributed by atoms with Crippen LogP contribution >= 0.6 is 0 Å². The van der Waals surface area contributed by atoms with E-state index in [1.54, 1.807) is 7.11 Å². The molecule has 0 amide bonds. The second-order valence-electron chi connectivity index (χ2n) is 7.41. The molecule has 2 saturated carbocycles. The maximum Gasteiger partial charge on any atom is 0.0587 e. The summed E-state index contributed by atoms with van der Waals surface area (Å²) >= 11 is 0. The van der Waals surface area contributed by atoms with Gasteiger partial charge in [-0.2, -0.15) is 0 Å². The Bertz CT molecular complexity index is 520. The average molecular weight is 329 g/mol. The minimum absolute atomic E-state index is 0.688. The summed E-state index contributed by atoms with van der Waals surface area (Å²) in [5.74, 6) is 0.739. The standard InChI is InChI=1S/C21H32N2O/c1-16(14-17-6-4-3-5-7-17)20-15-21(20)23-19-10-8-18(9-11-19)22-12-13-24-2/h3-7,14,18-23H,8-13,15H2,1-2H3/b16-14+/t18?,19?,20-,21?/m0/s1. The van der Waals surface area contributed by atoms with Gasteiger partial charge in [-0.1, -0.05) is 42.0 Å². The second-order valence-corrected chi connectivity index (χ2v) is 7.41. The van der Waals surface area contributed by atoms with E-state index in [2.05, 4.69) is 54.0 Å². The Morgan fingerprint density at radius 2 is 1.83 bits per heavy atom. The minimum atomic E-state index is 0.688. The van der Waals surface area contributed by atoms with Gasteiger partial charge in [0.1, 0.15) is 0 Å². The van der Waals surface area contributed by atoms with Gasteiger partial charge in [-0.25, -0.2) is 0 Å². The van der Waals surface area contributed by atoms with Crippen LogP contribution in [0.1, 0.15) is 44.6 Å². The largest absolute Gasteiger partial charge is 0.383 e. The van der Waals surface area contributed by atoms with Crippen LogP contribution in [-0.4, -0.2) is 38.4 Å². The third-order valence-electron chi connectivity index (χ3n) is 5.49.